The number of nitrogens with two attached hydrogens (primary N) is 1. The van der Waals surface area contributed by atoms with Crippen LogP contribution in [0.4, 0.5) is 9.59 Å². The lowest BCUT2D eigenvalue weighted by atomic mass is 10.1. The summed E-state index contributed by atoms with van der Waals surface area (Å²) in [5.74, 6) is -1.24. The van der Waals surface area contributed by atoms with Crippen LogP contribution in [0.3, 0.4) is 0 Å². The van der Waals surface area contributed by atoms with Gasteiger partial charge in [-0.25, -0.2) is 9.59 Å². The molecule has 0 saturated heterocycles. The van der Waals surface area contributed by atoms with Crippen molar-refractivity contribution in [3.63, 3.8) is 0 Å². The van der Waals surface area contributed by atoms with E-state index in [-0.39, 0.29) is 6.61 Å². The van der Waals surface area contributed by atoms with E-state index in [0.29, 0.717) is 25.8 Å². The predicted octanol–water partition coefficient (Wildman–Crippen LogP) is 1.97. The zero-order chi connectivity index (χ0) is 24.1. The Labute approximate surface area is 188 Å². The van der Waals surface area contributed by atoms with Crippen LogP contribution in [0.25, 0.3) is 0 Å². The third kappa shape index (κ3) is 11.8. The predicted molar refractivity (Wildman–Crippen MR) is 118 cm³/mol. The van der Waals surface area contributed by atoms with Crippen LogP contribution in [0, 0.1) is 0 Å². The molecule has 5 N–H and O–H groups in total. The smallest absolute Gasteiger partial charge is 0.408 e. The van der Waals surface area contributed by atoms with Crippen molar-refractivity contribution in [2.24, 2.45) is 5.73 Å². The molecule has 10 nitrogen and oxygen atoms in total. The van der Waals surface area contributed by atoms with Crippen LogP contribution in [0.1, 0.15) is 52.5 Å². The molecule has 0 spiro atoms. The maximum Gasteiger partial charge on any atom is 0.408 e. The SMILES string of the molecule is C[C@H](NC(=O)OC(C)(C)C)C(=O)N[C@@H](CCCCNC(=O)OCc1ccccc1)C(N)=O. The fraction of sp³-hybridized carbons (Fsp3) is 0.545. The Kier molecular flexibility index (Phi) is 11.0. The lowest BCUT2D eigenvalue weighted by Crippen LogP contribution is -2.52. The highest BCUT2D eigenvalue weighted by Gasteiger charge is 2.24. The Balaban J connectivity index is 2.29. The van der Waals surface area contributed by atoms with Crippen molar-refractivity contribution in [2.45, 2.75) is 71.2 Å². The number of unbranched alkanes of at least 4 members (excludes halogenated alkanes) is 1. The fourth-order valence-corrected chi connectivity index (χ4v) is 2.57. The molecule has 178 valence electrons. The number of ether oxygens (including phenoxy) is 2. The van der Waals surface area contributed by atoms with Crippen molar-refractivity contribution in [2.75, 3.05) is 6.54 Å². The summed E-state index contributed by atoms with van der Waals surface area (Å²) in [6, 6.07) is 7.51. The lowest BCUT2D eigenvalue weighted by molar-refractivity contribution is -0.128. The van der Waals surface area contributed by atoms with Gasteiger partial charge in [-0.1, -0.05) is 30.3 Å². The molecule has 1 rings (SSSR count). The second-order valence-corrected chi connectivity index (χ2v) is 8.32. The van der Waals surface area contributed by atoms with E-state index in [0.717, 1.165) is 5.56 Å². The van der Waals surface area contributed by atoms with Gasteiger partial charge in [0, 0.05) is 6.54 Å². The number of hydrogen-bond acceptors (Lipinski definition) is 6. The second-order valence-electron chi connectivity index (χ2n) is 8.32. The first-order valence-electron chi connectivity index (χ1n) is 10.5. The number of primary amides is 1. The maximum atomic E-state index is 12.3. The molecule has 0 radical (unpaired) electrons. The Morgan fingerprint density at radius 3 is 2.25 bits per heavy atom. The molecule has 1 aromatic carbocycles. The molecule has 10 heteroatoms. The number of amides is 4. The first-order chi connectivity index (χ1) is 15.0. The summed E-state index contributed by atoms with van der Waals surface area (Å²) in [6.07, 6.45) is 0.115. The third-order valence-electron chi connectivity index (χ3n) is 4.19. The van der Waals surface area contributed by atoms with Gasteiger partial charge in [0.05, 0.1) is 0 Å². The summed E-state index contributed by atoms with van der Waals surface area (Å²) in [4.78, 5) is 47.4. The van der Waals surface area contributed by atoms with Crippen molar-refractivity contribution in [3.8, 4) is 0 Å². The summed E-state index contributed by atoms with van der Waals surface area (Å²) in [6.45, 7) is 7.12. The van der Waals surface area contributed by atoms with Crippen molar-refractivity contribution in [3.05, 3.63) is 35.9 Å². The van der Waals surface area contributed by atoms with Gasteiger partial charge in [-0.3, -0.25) is 9.59 Å². The molecule has 0 aliphatic heterocycles. The summed E-state index contributed by atoms with van der Waals surface area (Å²) in [5, 5.41) is 7.56. The van der Waals surface area contributed by atoms with Gasteiger partial charge in [-0.05, 0) is 52.5 Å². The number of benzene rings is 1. The molecule has 0 bridgehead atoms. The minimum absolute atomic E-state index is 0.179. The van der Waals surface area contributed by atoms with E-state index in [2.05, 4.69) is 16.0 Å². The van der Waals surface area contributed by atoms with Gasteiger partial charge in [0.1, 0.15) is 24.3 Å². The first-order valence-corrected chi connectivity index (χ1v) is 10.5. The van der Waals surface area contributed by atoms with E-state index >= 15 is 0 Å². The highest BCUT2D eigenvalue weighted by molar-refractivity contribution is 5.90. The van der Waals surface area contributed by atoms with Crippen LogP contribution in [0.15, 0.2) is 30.3 Å². The molecule has 4 amide bonds. The Morgan fingerprint density at radius 1 is 1.00 bits per heavy atom. The van der Waals surface area contributed by atoms with Crippen LogP contribution < -0.4 is 21.7 Å². The summed E-state index contributed by atoms with van der Waals surface area (Å²) >= 11 is 0. The van der Waals surface area contributed by atoms with Crippen LogP contribution >= 0.6 is 0 Å². The molecule has 0 unspecified atom stereocenters. The second kappa shape index (κ2) is 13.2. The molecule has 0 heterocycles. The summed E-state index contributed by atoms with van der Waals surface area (Å²) in [5.41, 5.74) is 5.56. The molecular weight excluding hydrogens is 416 g/mol. The number of carbonyl (C=O) groups excluding carboxylic acids is 4. The van der Waals surface area contributed by atoms with Crippen molar-refractivity contribution < 1.29 is 28.7 Å². The van der Waals surface area contributed by atoms with Crippen LogP contribution in [-0.4, -0.2) is 48.2 Å². The normalized spacial score (nSPS) is 12.8. The molecule has 1 aromatic rings. The first kappa shape index (κ1) is 26.7. The minimum atomic E-state index is -0.909. The molecule has 0 aromatic heterocycles. The molecule has 0 saturated carbocycles. The Bertz CT molecular complexity index is 763. The van der Waals surface area contributed by atoms with Crippen LogP contribution in [-0.2, 0) is 25.7 Å². The zero-order valence-corrected chi connectivity index (χ0v) is 19.1. The van der Waals surface area contributed by atoms with Gasteiger partial charge in [0.15, 0.2) is 0 Å². The van der Waals surface area contributed by atoms with Gasteiger partial charge in [-0.15, -0.1) is 0 Å². The molecule has 32 heavy (non-hydrogen) atoms. The fourth-order valence-electron chi connectivity index (χ4n) is 2.57. The highest BCUT2D eigenvalue weighted by Crippen LogP contribution is 2.07. The lowest BCUT2D eigenvalue weighted by Gasteiger charge is -2.23. The number of hydrogen-bond donors (Lipinski definition) is 4. The standard InChI is InChI=1S/C22H34N4O6/c1-15(25-21(30)32-22(2,3)4)19(28)26-17(18(23)27)12-8-9-13-24-20(29)31-14-16-10-6-5-7-11-16/h5-7,10-11,15,17H,8-9,12-14H2,1-4H3,(H2,23,27)(H,24,29)(H,25,30)(H,26,28)/t15-,17-/m0/s1. The van der Waals surface area contributed by atoms with Crippen LogP contribution in [0.2, 0.25) is 0 Å². The number of alkyl carbamates (subject to hydrolysis) is 2. The largest absolute Gasteiger partial charge is 0.445 e. The molecule has 0 fully saturated rings. The van der Waals surface area contributed by atoms with E-state index in [1.807, 2.05) is 30.3 Å². The van der Waals surface area contributed by atoms with E-state index in [1.54, 1.807) is 20.8 Å². The topological polar surface area (TPSA) is 149 Å². The van der Waals surface area contributed by atoms with Gasteiger partial charge in [0.2, 0.25) is 11.8 Å². The minimum Gasteiger partial charge on any atom is -0.445 e. The molecule has 0 aliphatic carbocycles. The van der Waals surface area contributed by atoms with E-state index < -0.39 is 41.7 Å². The summed E-state index contributed by atoms with van der Waals surface area (Å²) < 4.78 is 10.2. The maximum absolute atomic E-state index is 12.3. The van der Waals surface area contributed by atoms with Crippen LogP contribution in [0.5, 0.6) is 0 Å². The number of rotatable bonds is 11. The Hall–Kier alpha value is -3.30. The van der Waals surface area contributed by atoms with Gasteiger partial charge in [-0.2, -0.15) is 0 Å². The van der Waals surface area contributed by atoms with E-state index in [4.69, 9.17) is 15.2 Å². The molecular formula is C22H34N4O6. The van der Waals surface area contributed by atoms with Crippen molar-refractivity contribution in [1.29, 1.82) is 0 Å². The van der Waals surface area contributed by atoms with Gasteiger partial charge >= 0.3 is 12.2 Å². The van der Waals surface area contributed by atoms with E-state index in [9.17, 15) is 19.2 Å². The monoisotopic (exact) mass is 450 g/mol. The average molecular weight is 451 g/mol. The van der Waals surface area contributed by atoms with Crippen molar-refractivity contribution >= 4 is 24.0 Å². The van der Waals surface area contributed by atoms with Crippen molar-refractivity contribution in [1.82, 2.24) is 16.0 Å². The number of carbonyl (C=O) groups is 4. The third-order valence-corrected chi connectivity index (χ3v) is 4.19. The molecule has 0 aliphatic rings. The zero-order valence-electron chi connectivity index (χ0n) is 19.1. The quantitative estimate of drug-likeness (QED) is 0.379. The average Bonchev–Trinajstić information content (AvgIpc) is 2.70. The van der Waals surface area contributed by atoms with Gasteiger partial charge < -0.3 is 31.2 Å². The van der Waals surface area contributed by atoms with Gasteiger partial charge in [0.25, 0.3) is 0 Å². The number of nitrogens with one attached hydrogen (secondary N) is 3. The Morgan fingerprint density at radius 2 is 1.66 bits per heavy atom. The summed E-state index contributed by atoms with van der Waals surface area (Å²) in [7, 11) is 0. The highest BCUT2D eigenvalue weighted by atomic mass is 16.6. The van der Waals surface area contributed by atoms with E-state index in [1.165, 1.54) is 6.92 Å². The molecule has 2 atom stereocenters.